The van der Waals surface area contributed by atoms with Gasteiger partial charge in [-0.3, -0.25) is 11.3 Å². The van der Waals surface area contributed by atoms with Crippen molar-refractivity contribution in [2.45, 2.75) is 18.9 Å². The van der Waals surface area contributed by atoms with Crippen molar-refractivity contribution in [3.8, 4) is 0 Å². The van der Waals surface area contributed by atoms with E-state index in [9.17, 15) is 17.2 Å². The number of nitrogens with two attached hydrogens (primary N) is 1. The van der Waals surface area contributed by atoms with Crippen LogP contribution in [0.1, 0.15) is 24.4 Å². The minimum atomic E-state index is -3.01. The van der Waals surface area contributed by atoms with Crippen LogP contribution in [-0.4, -0.2) is 19.9 Å². The van der Waals surface area contributed by atoms with Crippen molar-refractivity contribution in [3.63, 3.8) is 0 Å². The molecule has 0 saturated carbocycles. The van der Waals surface area contributed by atoms with E-state index in [0.717, 1.165) is 12.1 Å². The fourth-order valence-corrected chi connectivity index (χ4v) is 4.38. The number of hydrogen-bond acceptors (Lipinski definition) is 4. The van der Waals surface area contributed by atoms with Crippen molar-refractivity contribution < 1.29 is 17.2 Å². The molecule has 2 atom stereocenters. The number of hydrogen-bond donors (Lipinski definition) is 2. The van der Waals surface area contributed by atoms with Crippen LogP contribution < -0.4 is 11.3 Å². The Bertz CT molecular complexity index is 543. The summed E-state index contributed by atoms with van der Waals surface area (Å²) in [4.78, 5) is 0. The van der Waals surface area contributed by atoms with Crippen molar-refractivity contribution in [1.29, 1.82) is 0 Å². The van der Waals surface area contributed by atoms with E-state index >= 15 is 0 Å². The van der Waals surface area contributed by atoms with Gasteiger partial charge >= 0.3 is 0 Å². The second-order valence-electron chi connectivity index (χ2n) is 4.86. The average Bonchev–Trinajstić information content (AvgIpc) is 2.67. The Labute approximate surface area is 110 Å². The van der Waals surface area contributed by atoms with Gasteiger partial charge in [-0.25, -0.2) is 17.2 Å². The van der Waals surface area contributed by atoms with Crippen LogP contribution in [0.5, 0.6) is 0 Å². The van der Waals surface area contributed by atoms with Gasteiger partial charge in [0.05, 0.1) is 17.5 Å². The van der Waals surface area contributed by atoms with E-state index in [0.29, 0.717) is 12.8 Å². The average molecular weight is 290 g/mol. The minimum Gasteiger partial charge on any atom is -0.271 e. The molecule has 0 bridgehead atoms. The molecule has 0 aromatic heterocycles. The Morgan fingerprint density at radius 1 is 1.37 bits per heavy atom. The van der Waals surface area contributed by atoms with E-state index < -0.39 is 27.5 Å². The Balaban J connectivity index is 2.17. The van der Waals surface area contributed by atoms with E-state index in [2.05, 4.69) is 5.43 Å². The van der Waals surface area contributed by atoms with Gasteiger partial charge in [0.25, 0.3) is 0 Å². The maximum atomic E-state index is 13.7. The molecule has 7 heteroatoms. The van der Waals surface area contributed by atoms with Crippen molar-refractivity contribution in [2.24, 2.45) is 11.8 Å². The Kier molecular flexibility index (Phi) is 4.17. The largest absolute Gasteiger partial charge is 0.271 e. The summed E-state index contributed by atoms with van der Waals surface area (Å²) >= 11 is 0. The van der Waals surface area contributed by atoms with Crippen LogP contribution in [0.25, 0.3) is 0 Å². The number of halogens is 2. The fraction of sp³-hybridized carbons (Fsp3) is 0.500. The van der Waals surface area contributed by atoms with Crippen LogP contribution in [-0.2, 0) is 9.84 Å². The lowest BCUT2D eigenvalue weighted by Crippen LogP contribution is -2.31. The third-order valence-corrected chi connectivity index (χ3v) is 5.28. The summed E-state index contributed by atoms with van der Waals surface area (Å²) < 4.78 is 50.1. The van der Waals surface area contributed by atoms with Gasteiger partial charge in [-0.15, -0.1) is 0 Å². The quantitative estimate of drug-likeness (QED) is 0.647. The van der Waals surface area contributed by atoms with Crippen LogP contribution in [0.2, 0.25) is 0 Å². The molecule has 106 valence electrons. The van der Waals surface area contributed by atoms with Gasteiger partial charge in [0.15, 0.2) is 9.84 Å². The molecule has 2 rings (SSSR count). The first-order chi connectivity index (χ1) is 8.93. The molecule has 1 fully saturated rings. The smallest absolute Gasteiger partial charge is 0.150 e. The molecular formula is C12H16F2N2O2S. The van der Waals surface area contributed by atoms with Crippen LogP contribution >= 0.6 is 0 Å². The summed E-state index contributed by atoms with van der Waals surface area (Å²) in [5.41, 5.74) is 2.25. The maximum Gasteiger partial charge on any atom is 0.150 e. The molecule has 1 aromatic rings. The van der Waals surface area contributed by atoms with Gasteiger partial charge in [-0.2, -0.15) is 0 Å². The van der Waals surface area contributed by atoms with Gasteiger partial charge in [0.1, 0.15) is 11.6 Å². The maximum absolute atomic E-state index is 13.7. The van der Waals surface area contributed by atoms with Crippen molar-refractivity contribution in [1.82, 2.24) is 5.43 Å². The monoisotopic (exact) mass is 290 g/mol. The molecule has 0 spiro atoms. The normalized spacial score (nSPS) is 23.4. The third kappa shape index (κ3) is 3.29. The van der Waals surface area contributed by atoms with Crippen molar-refractivity contribution in [3.05, 3.63) is 35.4 Å². The highest BCUT2D eigenvalue weighted by molar-refractivity contribution is 7.91. The first-order valence-corrected chi connectivity index (χ1v) is 7.85. The number of sulfone groups is 1. The molecule has 0 radical (unpaired) electrons. The number of hydrazine groups is 1. The van der Waals surface area contributed by atoms with Gasteiger partial charge in [0, 0.05) is 5.56 Å². The summed E-state index contributed by atoms with van der Waals surface area (Å²) in [6.07, 6.45) is 0.810. The van der Waals surface area contributed by atoms with E-state index in [4.69, 9.17) is 5.84 Å². The van der Waals surface area contributed by atoms with Gasteiger partial charge in [-0.1, -0.05) is 6.07 Å². The third-order valence-electron chi connectivity index (χ3n) is 3.45. The lowest BCUT2D eigenvalue weighted by Gasteiger charge is -2.20. The Morgan fingerprint density at radius 2 is 2.00 bits per heavy atom. The number of nitrogens with one attached hydrogen (secondary N) is 1. The van der Waals surface area contributed by atoms with Crippen molar-refractivity contribution in [2.75, 3.05) is 11.5 Å². The molecule has 1 aliphatic heterocycles. The molecule has 0 aliphatic carbocycles. The topological polar surface area (TPSA) is 72.2 Å². The zero-order valence-electron chi connectivity index (χ0n) is 10.3. The van der Waals surface area contributed by atoms with Crippen LogP contribution in [0, 0.1) is 17.6 Å². The first-order valence-electron chi connectivity index (χ1n) is 6.03. The standard InChI is InChI=1S/C12H16F2N2O2S/c13-9-2-1-3-10(14)12(9)11(16-15)6-8-4-5-19(17,18)7-8/h1-3,8,11,16H,4-7,15H2. The second kappa shape index (κ2) is 5.52. The van der Waals surface area contributed by atoms with Crippen LogP contribution in [0.3, 0.4) is 0 Å². The zero-order chi connectivity index (χ0) is 14.0. The predicted octanol–water partition coefficient (Wildman–Crippen LogP) is 1.29. The van der Waals surface area contributed by atoms with E-state index in [1.807, 2.05) is 0 Å². The molecule has 1 aromatic carbocycles. The second-order valence-corrected chi connectivity index (χ2v) is 7.09. The van der Waals surface area contributed by atoms with Crippen LogP contribution in [0.15, 0.2) is 18.2 Å². The highest BCUT2D eigenvalue weighted by Crippen LogP contribution is 2.30. The van der Waals surface area contributed by atoms with Gasteiger partial charge in [0.2, 0.25) is 0 Å². The van der Waals surface area contributed by atoms with Crippen molar-refractivity contribution >= 4 is 9.84 Å². The number of benzene rings is 1. The summed E-state index contributed by atoms with van der Waals surface area (Å²) in [5.74, 6) is 4.07. The van der Waals surface area contributed by atoms with Crippen LogP contribution in [0.4, 0.5) is 8.78 Å². The summed E-state index contributed by atoms with van der Waals surface area (Å²) in [6, 6.07) is 2.88. The molecule has 0 amide bonds. The first kappa shape index (κ1) is 14.4. The summed E-state index contributed by atoms with van der Waals surface area (Å²) in [7, 11) is -3.01. The molecule has 3 N–H and O–H groups in total. The molecule has 4 nitrogen and oxygen atoms in total. The van der Waals surface area contributed by atoms with Gasteiger partial charge < -0.3 is 0 Å². The molecule has 1 heterocycles. The molecule has 2 unspecified atom stereocenters. The summed E-state index contributed by atoms with van der Waals surface area (Å²) in [6.45, 7) is 0. The Morgan fingerprint density at radius 3 is 2.47 bits per heavy atom. The molecule has 1 aliphatic rings. The lowest BCUT2D eigenvalue weighted by molar-refractivity contribution is 0.394. The molecule has 1 saturated heterocycles. The summed E-state index contributed by atoms with van der Waals surface area (Å²) in [5, 5.41) is 0. The van der Waals surface area contributed by atoms with Gasteiger partial charge in [-0.05, 0) is 30.9 Å². The predicted molar refractivity (Wildman–Crippen MR) is 67.8 cm³/mol. The lowest BCUT2D eigenvalue weighted by atomic mass is 9.94. The Hall–Kier alpha value is -1.05. The molecular weight excluding hydrogens is 274 g/mol. The SMILES string of the molecule is NNC(CC1CCS(=O)(=O)C1)c1c(F)cccc1F. The molecule has 19 heavy (non-hydrogen) atoms. The zero-order valence-corrected chi connectivity index (χ0v) is 11.1. The highest BCUT2D eigenvalue weighted by Gasteiger charge is 2.31. The highest BCUT2D eigenvalue weighted by atomic mass is 32.2. The van der Waals surface area contributed by atoms with E-state index in [1.54, 1.807) is 0 Å². The minimum absolute atomic E-state index is 0.0568. The van der Waals surface area contributed by atoms with E-state index in [1.165, 1.54) is 6.07 Å². The number of rotatable bonds is 4. The van der Waals surface area contributed by atoms with E-state index in [-0.39, 0.29) is 23.0 Å². The fourth-order valence-electron chi connectivity index (χ4n) is 2.50.